The average Bonchev–Trinajstić information content (AvgIpc) is 3.09. The van der Waals surface area contributed by atoms with Crippen molar-refractivity contribution >= 4 is 52.6 Å². The van der Waals surface area contributed by atoms with Crippen LogP contribution >= 0.6 is 23.2 Å². The minimum Gasteiger partial charge on any atom is -0.455 e. The van der Waals surface area contributed by atoms with Gasteiger partial charge in [0.15, 0.2) is 6.61 Å². The number of rotatable bonds is 6. The van der Waals surface area contributed by atoms with Crippen LogP contribution in [0.2, 0.25) is 10.0 Å². The predicted molar refractivity (Wildman–Crippen MR) is 115 cm³/mol. The Morgan fingerprint density at radius 2 is 1.77 bits per heavy atom. The van der Waals surface area contributed by atoms with E-state index < -0.39 is 36.2 Å². The molecule has 0 aromatic heterocycles. The van der Waals surface area contributed by atoms with Crippen LogP contribution in [0.1, 0.15) is 22.3 Å². The molecule has 3 amide bonds. The molecule has 162 valence electrons. The van der Waals surface area contributed by atoms with E-state index in [4.69, 9.17) is 27.9 Å². The number of esters is 1. The largest absolute Gasteiger partial charge is 0.455 e. The van der Waals surface area contributed by atoms with Crippen molar-refractivity contribution in [2.45, 2.75) is 13.3 Å². The number of nitrogens with one attached hydrogen (secondary N) is 2. The van der Waals surface area contributed by atoms with E-state index in [1.54, 1.807) is 37.3 Å². The first-order chi connectivity index (χ1) is 14.7. The van der Waals surface area contributed by atoms with Gasteiger partial charge in [-0.15, -0.1) is 0 Å². The highest BCUT2D eigenvalue weighted by molar-refractivity contribution is 6.31. The Morgan fingerprint density at radius 3 is 2.48 bits per heavy atom. The Labute approximate surface area is 188 Å². The van der Waals surface area contributed by atoms with Gasteiger partial charge in [-0.25, -0.2) is 0 Å². The summed E-state index contributed by atoms with van der Waals surface area (Å²) < 4.78 is 5.04. The molecule has 0 saturated carbocycles. The molecule has 0 spiro atoms. The van der Waals surface area contributed by atoms with Gasteiger partial charge in [0.1, 0.15) is 0 Å². The molecule has 1 atom stereocenters. The van der Waals surface area contributed by atoms with E-state index in [0.717, 1.165) is 10.6 Å². The summed E-state index contributed by atoms with van der Waals surface area (Å²) in [5.74, 6) is -2.96. The third-order valence-corrected chi connectivity index (χ3v) is 5.11. The first-order valence-corrected chi connectivity index (χ1v) is 10.1. The second kappa shape index (κ2) is 9.80. The molecule has 2 N–H and O–H groups in total. The summed E-state index contributed by atoms with van der Waals surface area (Å²) in [6.45, 7) is 1.24. The molecule has 0 aliphatic carbocycles. The molecule has 1 aliphatic rings. The molecule has 1 heterocycles. The fourth-order valence-corrected chi connectivity index (χ4v) is 3.23. The van der Waals surface area contributed by atoms with E-state index in [9.17, 15) is 19.2 Å². The standard InChI is InChI=1S/C21H19Cl2N3O5/c1-12-2-5-16(23)9-17(12)24-18(27)11-31-21(30)14-8-19(28)26(10-14)25-20(29)13-3-6-15(22)7-4-13/h2-7,9,14H,8,10-11H2,1H3,(H,24,27)(H,25,29)/t14-/m0/s1. The second-order valence-corrected chi connectivity index (χ2v) is 7.84. The van der Waals surface area contributed by atoms with Gasteiger partial charge < -0.3 is 10.1 Å². The molecule has 1 saturated heterocycles. The van der Waals surface area contributed by atoms with Gasteiger partial charge >= 0.3 is 5.97 Å². The van der Waals surface area contributed by atoms with Crippen LogP contribution < -0.4 is 10.7 Å². The number of halogens is 2. The van der Waals surface area contributed by atoms with Crippen LogP contribution in [0.4, 0.5) is 5.69 Å². The van der Waals surface area contributed by atoms with Crippen molar-refractivity contribution in [2.75, 3.05) is 18.5 Å². The monoisotopic (exact) mass is 463 g/mol. The highest BCUT2D eigenvalue weighted by Crippen LogP contribution is 2.21. The zero-order chi connectivity index (χ0) is 22.5. The lowest BCUT2D eigenvalue weighted by Crippen LogP contribution is -2.43. The number of ether oxygens (including phenoxy) is 1. The van der Waals surface area contributed by atoms with E-state index in [1.807, 2.05) is 0 Å². The summed E-state index contributed by atoms with van der Waals surface area (Å²) in [5, 5.41) is 4.63. The van der Waals surface area contributed by atoms with Gasteiger partial charge in [-0.2, -0.15) is 0 Å². The Kier molecular flexibility index (Phi) is 7.14. The van der Waals surface area contributed by atoms with Crippen molar-refractivity contribution < 1.29 is 23.9 Å². The molecule has 3 rings (SSSR count). The van der Waals surface area contributed by atoms with Gasteiger partial charge in [-0.1, -0.05) is 29.3 Å². The van der Waals surface area contributed by atoms with Gasteiger partial charge in [0.25, 0.3) is 11.8 Å². The number of anilines is 1. The van der Waals surface area contributed by atoms with Crippen LogP contribution in [0.3, 0.4) is 0 Å². The van der Waals surface area contributed by atoms with Crippen LogP contribution in [0, 0.1) is 12.8 Å². The van der Waals surface area contributed by atoms with Crippen molar-refractivity contribution in [3.63, 3.8) is 0 Å². The van der Waals surface area contributed by atoms with E-state index in [-0.39, 0.29) is 13.0 Å². The normalized spacial score (nSPS) is 15.5. The number of hydrogen-bond donors (Lipinski definition) is 2. The molecule has 0 bridgehead atoms. The summed E-state index contributed by atoms with van der Waals surface area (Å²) in [7, 11) is 0. The topological polar surface area (TPSA) is 105 Å². The zero-order valence-electron chi connectivity index (χ0n) is 16.5. The number of hydrazine groups is 1. The molecular weight excluding hydrogens is 445 g/mol. The van der Waals surface area contributed by atoms with Gasteiger partial charge in [0.2, 0.25) is 5.91 Å². The Morgan fingerprint density at radius 1 is 1.10 bits per heavy atom. The molecule has 8 nitrogen and oxygen atoms in total. The smallest absolute Gasteiger partial charge is 0.311 e. The molecule has 0 unspecified atom stereocenters. The number of carbonyl (C=O) groups is 4. The summed E-state index contributed by atoms with van der Waals surface area (Å²) in [4.78, 5) is 48.7. The number of benzene rings is 2. The van der Waals surface area contributed by atoms with E-state index in [0.29, 0.717) is 21.3 Å². The average molecular weight is 464 g/mol. The van der Waals surface area contributed by atoms with Crippen molar-refractivity contribution in [2.24, 2.45) is 5.92 Å². The number of hydrogen-bond acceptors (Lipinski definition) is 5. The molecule has 10 heteroatoms. The number of carbonyl (C=O) groups excluding carboxylic acids is 4. The lowest BCUT2D eigenvalue weighted by Gasteiger charge is -2.17. The summed E-state index contributed by atoms with van der Waals surface area (Å²) >= 11 is 11.7. The SMILES string of the molecule is Cc1ccc(Cl)cc1NC(=O)COC(=O)[C@H]1CC(=O)N(NC(=O)c2ccc(Cl)cc2)C1. The highest BCUT2D eigenvalue weighted by Gasteiger charge is 2.36. The molecule has 31 heavy (non-hydrogen) atoms. The quantitative estimate of drug-likeness (QED) is 0.640. The van der Waals surface area contributed by atoms with E-state index in [1.165, 1.54) is 12.1 Å². The summed E-state index contributed by atoms with van der Waals surface area (Å²) in [6, 6.07) is 11.2. The molecular formula is C21H19Cl2N3O5. The summed E-state index contributed by atoms with van der Waals surface area (Å²) in [5.41, 5.74) is 4.09. The van der Waals surface area contributed by atoms with E-state index in [2.05, 4.69) is 10.7 Å². The molecule has 2 aromatic rings. The van der Waals surface area contributed by atoms with Crippen molar-refractivity contribution in [1.29, 1.82) is 0 Å². The molecule has 1 aliphatic heterocycles. The van der Waals surface area contributed by atoms with Crippen LogP contribution in [0.25, 0.3) is 0 Å². The lowest BCUT2D eigenvalue weighted by atomic mass is 10.1. The number of aryl methyl sites for hydroxylation is 1. The van der Waals surface area contributed by atoms with Gasteiger partial charge in [-0.05, 0) is 48.9 Å². The van der Waals surface area contributed by atoms with Crippen LogP contribution in [-0.4, -0.2) is 41.9 Å². The van der Waals surface area contributed by atoms with Crippen molar-refractivity contribution in [3.8, 4) is 0 Å². The van der Waals surface area contributed by atoms with Crippen LogP contribution in [0.5, 0.6) is 0 Å². The molecule has 1 fully saturated rings. The highest BCUT2D eigenvalue weighted by atomic mass is 35.5. The van der Waals surface area contributed by atoms with Crippen molar-refractivity contribution in [3.05, 3.63) is 63.6 Å². The van der Waals surface area contributed by atoms with Crippen molar-refractivity contribution in [1.82, 2.24) is 10.4 Å². The number of nitrogens with zero attached hydrogens (tertiary/aromatic N) is 1. The minimum absolute atomic E-state index is 0.0496. The molecule has 0 radical (unpaired) electrons. The minimum atomic E-state index is -0.793. The Bertz CT molecular complexity index is 1030. The first-order valence-electron chi connectivity index (χ1n) is 9.32. The fourth-order valence-electron chi connectivity index (χ4n) is 2.93. The number of amides is 3. The Hall–Kier alpha value is -3.10. The maximum atomic E-state index is 12.3. The Balaban J connectivity index is 1.49. The summed E-state index contributed by atoms with van der Waals surface area (Å²) in [6.07, 6.45) is -0.130. The molecule has 2 aromatic carbocycles. The van der Waals surface area contributed by atoms with Gasteiger partial charge in [0.05, 0.1) is 12.5 Å². The predicted octanol–water partition coefficient (Wildman–Crippen LogP) is 2.98. The third-order valence-electron chi connectivity index (χ3n) is 4.62. The van der Waals surface area contributed by atoms with Crippen LogP contribution in [0.15, 0.2) is 42.5 Å². The second-order valence-electron chi connectivity index (χ2n) is 6.97. The van der Waals surface area contributed by atoms with Gasteiger partial charge in [0, 0.05) is 27.7 Å². The van der Waals surface area contributed by atoms with Crippen LogP contribution in [-0.2, 0) is 19.1 Å². The third kappa shape index (κ3) is 5.96. The van der Waals surface area contributed by atoms with E-state index >= 15 is 0 Å². The maximum absolute atomic E-state index is 12.3. The first kappa shape index (κ1) is 22.6. The lowest BCUT2D eigenvalue weighted by molar-refractivity contribution is -0.151. The fraction of sp³-hybridized carbons (Fsp3) is 0.238. The van der Waals surface area contributed by atoms with Gasteiger partial charge in [-0.3, -0.25) is 29.6 Å². The zero-order valence-corrected chi connectivity index (χ0v) is 18.0. The maximum Gasteiger partial charge on any atom is 0.311 e.